The third kappa shape index (κ3) is 4.76. The SMILES string of the molecule is CBCSSC. The van der Waals surface area contributed by atoms with Gasteiger partial charge in [0, 0.05) is 0 Å². The molecule has 3 heteroatoms. The zero-order chi connectivity index (χ0) is 4.83. The molecule has 0 heterocycles. The highest BCUT2D eigenvalue weighted by atomic mass is 33.1. The van der Waals surface area contributed by atoms with Crippen molar-refractivity contribution in [1.82, 2.24) is 0 Å². The highest BCUT2D eigenvalue weighted by molar-refractivity contribution is 8.76. The van der Waals surface area contributed by atoms with Gasteiger partial charge in [-0.25, -0.2) is 0 Å². The van der Waals surface area contributed by atoms with Crippen LogP contribution >= 0.6 is 21.6 Å². The molecular formula is C3H9BS2. The quantitative estimate of drug-likeness (QED) is 0.314. The molecule has 36 valence electrons. The topological polar surface area (TPSA) is 0 Å². The molecule has 0 atom stereocenters. The lowest BCUT2D eigenvalue weighted by molar-refractivity contribution is 2.08. The monoisotopic (exact) mass is 120 g/mol. The van der Waals surface area contributed by atoms with Crippen LogP contribution in [0.1, 0.15) is 0 Å². The second-order valence-corrected chi connectivity index (χ2v) is 3.67. The summed E-state index contributed by atoms with van der Waals surface area (Å²) in [6, 6.07) is 0. The molecule has 0 aliphatic rings. The third-order valence-corrected chi connectivity index (χ3v) is 2.42. The molecule has 0 nitrogen and oxygen atoms in total. The largest absolute Gasteiger partial charge is 0.130 e. The molecule has 0 saturated carbocycles. The molecule has 0 aliphatic carbocycles. The summed E-state index contributed by atoms with van der Waals surface area (Å²) in [6.07, 6.45) is 2.11. The first-order valence-electron chi connectivity index (χ1n) is 2.07. The predicted octanol–water partition coefficient (Wildman–Crippen LogP) is 1.44. The Balaban J connectivity index is 2.34. The fourth-order valence-electron chi connectivity index (χ4n) is 0.167. The van der Waals surface area contributed by atoms with Gasteiger partial charge in [-0.2, -0.15) is 0 Å². The normalized spacial score (nSPS) is 8.33. The van der Waals surface area contributed by atoms with Gasteiger partial charge in [0.25, 0.3) is 0 Å². The lowest BCUT2D eigenvalue weighted by atomic mass is 9.87. The fourth-order valence-corrected chi connectivity index (χ4v) is 1.50. The van der Waals surface area contributed by atoms with Gasteiger partial charge in [0.05, 0.1) is 0 Å². The van der Waals surface area contributed by atoms with Crippen LogP contribution in [-0.2, 0) is 0 Å². The third-order valence-electron chi connectivity index (χ3n) is 0.405. The average molecular weight is 120 g/mol. The second-order valence-electron chi connectivity index (χ2n) is 0.989. The van der Waals surface area contributed by atoms with Crippen LogP contribution in [0.4, 0.5) is 0 Å². The summed E-state index contributed by atoms with van der Waals surface area (Å²) < 4.78 is 0. The van der Waals surface area contributed by atoms with Gasteiger partial charge in [-0.1, -0.05) is 17.6 Å². The molecular weight excluding hydrogens is 111 g/mol. The first-order valence-corrected chi connectivity index (χ1v) is 4.80. The zero-order valence-electron chi connectivity index (χ0n) is 4.23. The molecule has 0 aromatic heterocycles. The van der Waals surface area contributed by atoms with Crippen LogP contribution in [0, 0.1) is 0 Å². The Morgan fingerprint density at radius 3 is 2.50 bits per heavy atom. The van der Waals surface area contributed by atoms with E-state index in [1.54, 1.807) is 0 Å². The smallest absolute Gasteiger partial charge is 0.103 e. The van der Waals surface area contributed by atoms with Gasteiger partial charge in [0.1, 0.15) is 7.28 Å². The Kier molecular flexibility index (Phi) is 6.50. The Hall–Kier alpha value is 0.765. The first kappa shape index (κ1) is 6.76. The maximum Gasteiger partial charge on any atom is 0.130 e. The van der Waals surface area contributed by atoms with Crippen molar-refractivity contribution in [3.8, 4) is 0 Å². The lowest BCUT2D eigenvalue weighted by Gasteiger charge is -1.84. The summed E-state index contributed by atoms with van der Waals surface area (Å²) in [5.41, 5.74) is 1.29. The van der Waals surface area contributed by atoms with Gasteiger partial charge >= 0.3 is 0 Å². The molecule has 0 N–H and O–H groups in total. The van der Waals surface area contributed by atoms with Gasteiger partial charge < -0.3 is 0 Å². The number of hydrogen-bond acceptors (Lipinski definition) is 2. The molecule has 6 heavy (non-hydrogen) atoms. The van der Waals surface area contributed by atoms with Gasteiger partial charge in [0.15, 0.2) is 0 Å². The first-order chi connectivity index (χ1) is 2.91. The van der Waals surface area contributed by atoms with Gasteiger partial charge in [-0.15, -0.1) is 10.8 Å². The Bertz CT molecular complexity index is 20.8. The summed E-state index contributed by atoms with van der Waals surface area (Å²) in [4.78, 5) is 0. The average Bonchev–Trinajstić information content (AvgIpc) is 1.61. The summed E-state index contributed by atoms with van der Waals surface area (Å²) in [5.74, 6) is 0. The minimum atomic E-state index is 1.29. The van der Waals surface area contributed by atoms with Crippen molar-refractivity contribution in [2.45, 2.75) is 6.82 Å². The highest BCUT2D eigenvalue weighted by Crippen LogP contribution is 2.14. The molecule has 0 saturated heterocycles. The molecule has 0 radical (unpaired) electrons. The van der Waals surface area contributed by atoms with Crippen molar-refractivity contribution in [2.75, 3.05) is 11.9 Å². The fraction of sp³-hybridized carbons (Fsp3) is 1.00. The Morgan fingerprint density at radius 1 is 1.67 bits per heavy atom. The molecule has 0 unspecified atom stereocenters. The maximum absolute atomic E-state index is 2.20. The molecule has 0 amide bonds. The van der Waals surface area contributed by atoms with Gasteiger partial charge in [0.2, 0.25) is 0 Å². The van der Waals surface area contributed by atoms with Crippen LogP contribution in [0.3, 0.4) is 0 Å². The molecule has 0 aromatic carbocycles. The van der Waals surface area contributed by atoms with Crippen molar-refractivity contribution >= 4 is 28.9 Å². The van der Waals surface area contributed by atoms with E-state index < -0.39 is 0 Å². The lowest BCUT2D eigenvalue weighted by Crippen LogP contribution is -1.80. The van der Waals surface area contributed by atoms with Crippen molar-refractivity contribution in [3.05, 3.63) is 0 Å². The van der Waals surface area contributed by atoms with Crippen LogP contribution in [0.25, 0.3) is 0 Å². The predicted molar refractivity (Wildman–Crippen MR) is 39.0 cm³/mol. The van der Waals surface area contributed by atoms with Crippen molar-refractivity contribution in [1.29, 1.82) is 0 Å². The van der Waals surface area contributed by atoms with Crippen LogP contribution in [0.2, 0.25) is 6.82 Å². The van der Waals surface area contributed by atoms with E-state index in [-0.39, 0.29) is 0 Å². The number of hydrogen-bond donors (Lipinski definition) is 0. The molecule has 0 aromatic rings. The van der Waals surface area contributed by atoms with E-state index in [0.29, 0.717) is 0 Å². The molecule has 0 rings (SSSR count). The Morgan fingerprint density at radius 2 is 2.33 bits per heavy atom. The minimum Gasteiger partial charge on any atom is -0.103 e. The highest BCUT2D eigenvalue weighted by Gasteiger charge is 1.78. The second kappa shape index (κ2) is 5.76. The molecule has 0 bridgehead atoms. The summed E-state index contributed by atoms with van der Waals surface area (Å²) in [7, 11) is 5.06. The van der Waals surface area contributed by atoms with Crippen LogP contribution in [-0.4, -0.2) is 19.2 Å². The van der Waals surface area contributed by atoms with Crippen LogP contribution in [0.15, 0.2) is 0 Å². The van der Waals surface area contributed by atoms with E-state index in [0.717, 1.165) is 0 Å². The van der Waals surface area contributed by atoms with E-state index in [4.69, 9.17) is 0 Å². The zero-order valence-corrected chi connectivity index (χ0v) is 5.86. The number of rotatable bonds is 3. The summed E-state index contributed by atoms with van der Waals surface area (Å²) in [6.45, 7) is 2.20. The minimum absolute atomic E-state index is 1.29. The van der Waals surface area contributed by atoms with Gasteiger partial charge in [-0.3, -0.25) is 0 Å². The van der Waals surface area contributed by atoms with E-state index in [9.17, 15) is 0 Å². The maximum atomic E-state index is 2.20. The van der Waals surface area contributed by atoms with E-state index >= 15 is 0 Å². The summed E-state index contributed by atoms with van der Waals surface area (Å²) in [5, 5.41) is 0. The molecule has 0 fully saturated rings. The molecule has 0 aliphatic heterocycles. The van der Waals surface area contributed by atoms with Crippen LogP contribution in [0.5, 0.6) is 0 Å². The van der Waals surface area contributed by atoms with E-state index in [1.165, 1.54) is 12.9 Å². The molecule has 0 spiro atoms. The van der Waals surface area contributed by atoms with E-state index in [2.05, 4.69) is 13.1 Å². The summed E-state index contributed by atoms with van der Waals surface area (Å²) >= 11 is 0. The van der Waals surface area contributed by atoms with Gasteiger partial charge in [-0.05, 0) is 11.9 Å². The Labute approximate surface area is 48.1 Å². The van der Waals surface area contributed by atoms with Crippen molar-refractivity contribution < 1.29 is 0 Å². The van der Waals surface area contributed by atoms with Crippen molar-refractivity contribution in [3.63, 3.8) is 0 Å². The standard InChI is InChI=1S/C3H9BS2/c1-4-3-6-5-2/h4H,3H2,1-2H3. The van der Waals surface area contributed by atoms with Crippen molar-refractivity contribution in [2.24, 2.45) is 0 Å². The van der Waals surface area contributed by atoms with Crippen LogP contribution < -0.4 is 0 Å². The van der Waals surface area contributed by atoms with E-state index in [1.807, 2.05) is 21.6 Å².